The Labute approximate surface area is 205 Å². The van der Waals surface area contributed by atoms with Crippen LogP contribution < -0.4 is 15.4 Å². The summed E-state index contributed by atoms with van der Waals surface area (Å²) in [6, 6.07) is 9.54. The number of furan rings is 1. The van der Waals surface area contributed by atoms with E-state index in [-0.39, 0.29) is 23.7 Å². The summed E-state index contributed by atoms with van der Waals surface area (Å²) in [5.74, 6) is -0.484. The minimum Gasteiger partial charge on any atom is -0.486 e. The summed E-state index contributed by atoms with van der Waals surface area (Å²) in [4.78, 5) is 37.1. The molecule has 0 aliphatic heterocycles. The second kappa shape index (κ2) is 10.2. The molecule has 0 atom stereocenters. The number of rotatable bonds is 8. The number of carbonyl (C=O) groups is 3. The number of aryl methyl sites for hydroxylation is 2. The SMILES string of the molecule is COC(=O)c1ccc(OCc2ccc(C(=O)Nc3cnn(C)c3C(=O)Nc3cnn(C)c3C)o2)cc1. The minimum absolute atomic E-state index is 0.0351. The van der Waals surface area contributed by atoms with E-state index in [1.165, 1.54) is 24.1 Å². The molecule has 0 spiro atoms. The molecule has 2 N–H and O–H groups in total. The molecule has 0 saturated carbocycles. The first-order valence-electron chi connectivity index (χ1n) is 10.8. The van der Waals surface area contributed by atoms with Gasteiger partial charge in [-0.1, -0.05) is 0 Å². The first kappa shape index (κ1) is 24.3. The quantitative estimate of drug-likeness (QED) is 0.358. The number of anilines is 2. The van der Waals surface area contributed by atoms with Crippen LogP contribution in [0.3, 0.4) is 0 Å². The van der Waals surface area contributed by atoms with E-state index in [4.69, 9.17) is 9.15 Å². The molecule has 0 aliphatic rings. The zero-order valence-corrected chi connectivity index (χ0v) is 20.1. The summed E-state index contributed by atoms with van der Waals surface area (Å²) in [6.45, 7) is 1.89. The van der Waals surface area contributed by atoms with Gasteiger partial charge >= 0.3 is 5.97 Å². The second-order valence-corrected chi connectivity index (χ2v) is 7.78. The van der Waals surface area contributed by atoms with Gasteiger partial charge in [0.2, 0.25) is 0 Å². The first-order chi connectivity index (χ1) is 17.3. The van der Waals surface area contributed by atoms with E-state index in [0.29, 0.717) is 22.8 Å². The maximum atomic E-state index is 12.9. The van der Waals surface area contributed by atoms with Crippen LogP contribution in [0.2, 0.25) is 0 Å². The van der Waals surface area contributed by atoms with Crippen molar-refractivity contribution in [3.05, 3.63) is 77.3 Å². The van der Waals surface area contributed by atoms with Gasteiger partial charge in [-0.2, -0.15) is 10.2 Å². The molecular formula is C24H24N6O6. The number of benzene rings is 1. The molecule has 4 aromatic rings. The summed E-state index contributed by atoms with van der Waals surface area (Å²) in [5.41, 5.74) is 2.12. The number of methoxy groups -OCH3 is 1. The van der Waals surface area contributed by atoms with Gasteiger partial charge in [0.05, 0.1) is 42.1 Å². The van der Waals surface area contributed by atoms with Gasteiger partial charge in [0.1, 0.15) is 23.8 Å². The summed E-state index contributed by atoms with van der Waals surface area (Å²) >= 11 is 0. The van der Waals surface area contributed by atoms with E-state index < -0.39 is 17.8 Å². The van der Waals surface area contributed by atoms with Crippen molar-refractivity contribution in [3.63, 3.8) is 0 Å². The molecule has 1 aromatic carbocycles. The van der Waals surface area contributed by atoms with E-state index >= 15 is 0 Å². The average molecular weight is 492 g/mol. The molecule has 4 rings (SSSR count). The van der Waals surface area contributed by atoms with E-state index in [2.05, 4.69) is 25.6 Å². The van der Waals surface area contributed by atoms with Crippen LogP contribution in [0.5, 0.6) is 5.75 Å². The van der Waals surface area contributed by atoms with Gasteiger partial charge in [-0.15, -0.1) is 0 Å². The van der Waals surface area contributed by atoms with Crippen molar-refractivity contribution in [1.29, 1.82) is 0 Å². The van der Waals surface area contributed by atoms with Gasteiger partial charge in [0.15, 0.2) is 5.76 Å². The standard InChI is InChI=1S/C24H24N6O6/c1-14-18(11-25-29(14)2)27-23(32)21-19(12-26-30(21)3)28-22(31)20-10-9-17(36-20)13-35-16-7-5-15(6-8-16)24(33)34-4/h5-12H,13H2,1-4H3,(H,27,32)(H,28,31). The lowest BCUT2D eigenvalue weighted by Crippen LogP contribution is -2.20. The second-order valence-electron chi connectivity index (χ2n) is 7.78. The third kappa shape index (κ3) is 5.12. The van der Waals surface area contributed by atoms with E-state index in [9.17, 15) is 14.4 Å². The van der Waals surface area contributed by atoms with Crippen molar-refractivity contribution in [2.24, 2.45) is 14.1 Å². The molecule has 12 nitrogen and oxygen atoms in total. The normalized spacial score (nSPS) is 10.7. The molecule has 12 heteroatoms. The number of ether oxygens (including phenoxy) is 2. The molecule has 0 saturated heterocycles. The third-order valence-corrected chi connectivity index (χ3v) is 5.43. The van der Waals surface area contributed by atoms with Gasteiger partial charge in [-0.05, 0) is 43.3 Å². The van der Waals surface area contributed by atoms with Crippen molar-refractivity contribution in [2.75, 3.05) is 17.7 Å². The summed E-state index contributed by atoms with van der Waals surface area (Å²) in [7, 11) is 4.68. The third-order valence-electron chi connectivity index (χ3n) is 5.43. The summed E-state index contributed by atoms with van der Waals surface area (Å²) < 4.78 is 18.9. The lowest BCUT2D eigenvalue weighted by atomic mass is 10.2. The molecule has 3 heterocycles. The number of nitrogens with zero attached hydrogens (tertiary/aromatic N) is 4. The zero-order chi connectivity index (χ0) is 25.8. The molecular weight excluding hydrogens is 468 g/mol. The number of esters is 1. The monoisotopic (exact) mass is 492 g/mol. The highest BCUT2D eigenvalue weighted by molar-refractivity contribution is 6.11. The van der Waals surface area contributed by atoms with Gasteiger partial charge in [0.25, 0.3) is 11.8 Å². The van der Waals surface area contributed by atoms with Crippen LogP contribution in [0.4, 0.5) is 11.4 Å². The molecule has 186 valence electrons. The van der Waals surface area contributed by atoms with Crippen molar-refractivity contribution in [1.82, 2.24) is 19.6 Å². The van der Waals surface area contributed by atoms with Crippen molar-refractivity contribution in [2.45, 2.75) is 13.5 Å². The summed E-state index contributed by atoms with van der Waals surface area (Å²) in [6.07, 6.45) is 2.93. The maximum Gasteiger partial charge on any atom is 0.337 e. The van der Waals surface area contributed by atoms with Gasteiger partial charge < -0.3 is 24.5 Å². The fourth-order valence-corrected chi connectivity index (χ4v) is 3.32. The van der Waals surface area contributed by atoms with Crippen molar-refractivity contribution < 1.29 is 28.3 Å². The largest absolute Gasteiger partial charge is 0.486 e. The van der Waals surface area contributed by atoms with Gasteiger partial charge in [0, 0.05) is 14.1 Å². The number of hydrogen-bond acceptors (Lipinski definition) is 8. The number of amides is 2. The zero-order valence-electron chi connectivity index (χ0n) is 20.1. The van der Waals surface area contributed by atoms with E-state index in [1.54, 1.807) is 55.3 Å². The topological polar surface area (TPSA) is 143 Å². The highest BCUT2D eigenvalue weighted by Crippen LogP contribution is 2.21. The predicted molar refractivity (Wildman–Crippen MR) is 128 cm³/mol. The molecule has 36 heavy (non-hydrogen) atoms. The van der Waals surface area contributed by atoms with Crippen LogP contribution in [-0.2, 0) is 25.4 Å². The molecule has 0 bridgehead atoms. The number of hydrogen-bond donors (Lipinski definition) is 2. The van der Waals surface area contributed by atoms with Crippen LogP contribution in [0.15, 0.2) is 53.2 Å². The first-order valence-corrected chi connectivity index (χ1v) is 10.8. The Bertz CT molecular complexity index is 1420. The molecule has 0 aliphatic carbocycles. The molecule has 0 fully saturated rings. The van der Waals surface area contributed by atoms with Crippen LogP contribution in [0.25, 0.3) is 0 Å². The van der Waals surface area contributed by atoms with Crippen molar-refractivity contribution >= 4 is 29.2 Å². The molecule has 3 aromatic heterocycles. The average Bonchev–Trinajstić information content (AvgIpc) is 3.58. The summed E-state index contributed by atoms with van der Waals surface area (Å²) in [5, 5.41) is 13.6. The fraction of sp³-hybridized carbons (Fsp3) is 0.208. The Morgan fingerprint density at radius 2 is 1.58 bits per heavy atom. The van der Waals surface area contributed by atoms with Crippen molar-refractivity contribution in [3.8, 4) is 5.75 Å². The predicted octanol–water partition coefficient (Wildman–Crippen LogP) is 2.93. The highest BCUT2D eigenvalue weighted by atomic mass is 16.5. The van der Waals surface area contributed by atoms with E-state index in [0.717, 1.165) is 5.69 Å². The van der Waals surface area contributed by atoms with E-state index in [1.807, 2.05) is 6.92 Å². The molecule has 0 radical (unpaired) electrons. The van der Waals surface area contributed by atoms with Gasteiger partial charge in [-0.3, -0.25) is 19.0 Å². The Hall–Kier alpha value is -4.87. The van der Waals surface area contributed by atoms with Crippen LogP contribution in [0.1, 0.15) is 42.9 Å². The van der Waals surface area contributed by atoms with Crippen LogP contribution in [-0.4, -0.2) is 44.5 Å². The number of aromatic nitrogens is 4. The molecule has 2 amide bonds. The lowest BCUT2D eigenvalue weighted by molar-refractivity contribution is 0.0600. The Balaban J connectivity index is 1.39. The van der Waals surface area contributed by atoms with Crippen LogP contribution in [0, 0.1) is 6.92 Å². The maximum absolute atomic E-state index is 12.9. The highest BCUT2D eigenvalue weighted by Gasteiger charge is 2.22. The minimum atomic E-state index is -0.553. The molecule has 0 unspecified atom stereocenters. The Morgan fingerprint density at radius 1 is 0.917 bits per heavy atom. The smallest absolute Gasteiger partial charge is 0.337 e. The van der Waals surface area contributed by atoms with Gasteiger partial charge in [-0.25, -0.2) is 4.79 Å². The Morgan fingerprint density at radius 3 is 2.25 bits per heavy atom. The number of nitrogens with one attached hydrogen (secondary N) is 2. The lowest BCUT2D eigenvalue weighted by Gasteiger charge is -2.08. The van der Waals surface area contributed by atoms with Crippen LogP contribution >= 0.6 is 0 Å². The number of carbonyl (C=O) groups excluding carboxylic acids is 3. The fourth-order valence-electron chi connectivity index (χ4n) is 3.32. The Kier molecular flexibility index (Phi) is 6.86.